The number of benzene rings is 1. The lowest BCUT2D eigenvalue weighted by Gasteiger charge is -2.22. The van der Waals surface area contributed by atoms with Crippen LogP contribution in [0.1, 0.15) is 45.6 Å². The molecule has 1 aliphatic rings. The fourth-order valence-electron chi connectivity index (χ4n) is 3.46. The average molecular weight is 391 g/mol. The van der Waals surface area contributed by atoms with Gasteiger partial charge in [0.15, 0.2) is 5.71 Å². The molecule has 1 aromatic rings. The summed E-state index contributed by atoms with van der Waals surface area (Å²) in [5, 5.41) is 12.0. The molecule has 1 atom stereocenters. The van der Waals surface area contributed by atoms with Crippen molar-refractivity contribution >= 4 is 33.6 Å². The lowest BCUT2D eigenvalue weighted by Crippen LogP contribution is -2.30. The molecule has 0 aromatic heterocycles. The van der Waals surface area contributed by atoms with Gasteiger partial charge in [-0.25, -0.2) is 5.26 Å². The minimum atomic E-state index is -3.92. The van der Waals surface area contributed by atoms with E-state index in [0.717, 1.165) is 41.2 Å². The Labute approximate surface area is 152 Å². The summed E-state index contributed by atoms with van der Waals surface area (Å²) in [6.45, 7) is 7.15. The van der Waals surface area contributed by atoms with Gasteiger partial charge in [-0.1, -0.05) is 11.5 Å². The maximum Gasteiger partial charge on any atom is 0.264 e. The van der Waals surface area contributed by atoms with Crippen LogP contribution in [0, 0.1) is 0 Å². The van der Waals surface area contributed by atoms with Gasteiger partial charge >= 0.3 is 0 Å². The van der Waals surface area contributed by atoms with Crippen molar-refractivity contribution in [2.24, 2.45) is 0 Å². The van der Waals surface area contributed by atoms with E-state index in [1.807, 2.05) is 18.2 Å². The predicted octanol–water partition coefficient (Wildman–Crippen LogP) is 3.57. The Morgan fingerprint density at radius 3 is 2.64 bits per heavy atom. The number of fused-ring (bicyclic) bond motifs is 1. The summed E-state index contributed by atoms with van der Waals surface area (Å²) >= 11 is 0.917. The first-order chi connectivity index (χ1) is 11.7. The number of hydrogen-bond donors (Lipinski definition) is 2. The third kappa shape index (κ3) is 4.60. The molecule has 7 nitrogen and oxygen atoms in total. The maximum absolute atomic E-state index is 10.9. The first kappa shape index (κ1) is 20.3. The summed E-state index contributed by atoms with van der Waals surface area (Å²) in [5.74, 6) is -0.218. The van der Waals surface area contributed by atoms with Crippen LogP contribution in [-0.4, -0.2) is 40.8 Å². The Hall–Kier alpha value is -0.970. The largest absolute Gasteiger partial charge is 0.286 e. The molecule has 0 spiro atoms. The van der Waals surface area contributed by atoms with Crippen LogP contribution in [0.3, 0.4) is 0 Å². The van der Waals surface area contributed by atoms with Crippen molar-refractivity contribution in [3.8, 4) is 0 Å². The van der Waals surface area contributed by atoms with Gasteiger partial charge in [-0.2, -0.15) is 13.0 Å². The van der Waals surface area contributed by atoms with Crippen molar-refractivity contribution in [2.45, 2.75) is 50.3 Å². The molecule has 25 heavy (non-hydrogen) atoms. The highest BCUT2D eigenvalue weighted by atomic mass is 32.2. The van der Waals surface area contributed by atoms with E-state index in [4.69, 9.17) is 9.81 Å². The van der Waals surface area contributed by atoms with Gasteiger partial charge in [0.25, 0.3) is 10.1 Å². The third-order valence-electron chi connectivity index (χ3n) is 4.86. The van der Waals surface area contributed by atoms with E-state index >= 15 is 0 Å². The summed E-state index contributed by atoms with van der Waals surface area (Å²) < 4.78 is 37.5. The topological polar surface area (TPSA) is 96.1 Å². The molecule has 9 heteroatoms. The second-order valence-corrected chi connectivity index (χ2v) is 8.66. The zero-order chi connectivity index (χ0) is 18.7. The quantitative estimate of drug-likeness (QED) is 0.166. The summed E-state index contributed by atoms with van der Waals surface area (Å²) in [7, 11) is -3.92. The lowest BCUT2D eigenvalue weighted by molar-refractivity contribution is -0.434. The first-order valence-electron chi connectivity index (χ1n) is 8.09. The molecule has 1 aliphatic heterocycles. The molecule has 0 saturated heterocycles. The van der Waals surface area contributed by atoms with E-state index in [2.05, 4.69) is 34.7 Å². The van der Waals surface area contributed by atoms with Crippen LogP contribution in [0.25, 0.3) is 0 Å². The van der Waals surface area contributed by atoms with E-state index in [-0.39, 0.29) is 11.2 Å². The fourth-order valence-corrected chi connectivity index (χ4v) is 4.43. The van der Waals surface area contributed by atoms with Crippen LogP contribution in [0.2, 0.25) is 0 Å². The van der Waals surface area contributed by atoms with Crippen LogP contribution < -0.4 is 0 Å². The van der Waals surface area contributed by atoms with Crippen LogP contribution in [0.15, 0.2) is 23.1 Å². The molecule has 140 valence electrons. The molecule has 2 rings (SSSR count). The molecule has 0 amide bonds. The minimum Gasteiger partial charge on any atom is -0.286 e. The highest BCUT2D eigenvalue weighted by molar-refractivity contribution is 7.94. The van der Waals surface area contributed by atoms with Crippen LogP contribution in [-0.2, 0) is 24.9 Å². The molecular weight excluding hydrogens is 366 g/mol. The Balaban J connectivity index is 2.26. The Morgan fingerprint density at radius 1 is 1.32 bits per heavy atom. The van der Waals surface area contributed by atoms with Crippen molar-refractivity contribution < 1.29 is 32.2 Å². The molecule has 1 aromatic carbocycles. The van der Waals surface area contributed by atoms with Crippen molar-refractivity contribution in [1.29, 1.82) is 0 Å². The van der Waals surface area contributed by atoms with Gasteiger partial charge in [-0.15, -0.1) is 4.33 Å². The zero-order valence-electron chi connectivity index (χ0n) is 14.6. The molecule has 0 radical (unpaired) electrons. The predicted molar refractivity (Wildman–Crippen MR) is 95.9 cm³/mol. The van der Waals surface area contributed by atoms with E-state index in [1.165, 1.54) is 5.71 Å². The monoisotopic (exact) mass is 390 g/mol. The summed E-state index contributed by atoms with van der Waals surface area (Å²) in [5.41, 5.74) is 3.22. The van der Waals surface area contributed by atoms with E-state index < -0.39 is 10.1 Å². The van der Waals surface area contributed by atoms with Gasteiger partial charge in [-0.05, 0) is 38.8 Å². The number of unbranched alkanes of at least 4 members (excludes halogenated alkanes) is 1. The Morgan fingerprint density at radius 2 is 2.04 bits per heavy atom. The third-order valence-corrected chi connectivity index (χ3v) is 6.24. The van der Waals surface area contributed by atoms with E-state index in [1.54, 1.807) is 0 Å². The van der Waals surface area contributed by atoms with Crippen LogP contribution in [0.4, 0.5) is 5.69 Å². The van der Waals surface area contributed by atoms with Gasteiger partial charge in [-0.3, -0.25) is 4.55 Å². The van der Waals surface area contributed by atoms with Crippen molar-refractivity contribution in [3.63, 3.8) is 0 Å². The van der Waals surface area contributed by atoms with Crippen molar-refractivity contribution in [3.05, 3.63) is 23.8 Å². The van der Waals surface area contributed by atoms with Gasteiger partial charge in [0, 0.05) is 23.4 Å². The van der Waals surface area contributed by atoms with Crippen LogP contribution in [0.5, 0.6) is 0 Å². The maximum atomic E-state index is 10.9. The van der Waals surface area contributed by atoms with E-state index in [9.17, 15) is 8.42 Å². The smallest absolute Gasteiger partial charge is 0.264 e. The standard InChI is InChI=1S/C16H23NO6S2/c1-4-17-12(2)16(3,9-5-6-10-25(19,20)21)14-11-13(24-23-22-18)7-8-15(14)17/h7-8,11H,4-6,9-10H2,1-3H3,(H-,18,19,20,21)/p+1. The molecule has 0 saturated carbocycles. The minimum absolute atomic E-state index is 0.218. The van der Waals surface area contributed by atoms with Gasteiger partial charge < -0.3 is 0 Å². The van der Waals surface area contributed by atoms with E-state index in [0.29, 0.717) is 12.8 Å². The molecule has 1 heterocycles. The van der Waals surface area contributed by atoms with Gasteiger partial charge in [0.1, 0.15) is 6.54 Å². The highest BCUT2D eigenvalue weighted by Gasteiger charge is 2.45. The lowest BCUT2D eigenvalue weighted by atomic mass is 9.76. The van der Waals surface area contributed by atoms with Gasteiger partial charge in [0.2, 0.25) is 5.69 Å². The molecule has 0 fully saturated rings. The normalized spacial score (nSPS) is 20.2. The van der Waals surface area contributed by atoms with Crippen LogP contribution >= 0.6 is 12.0 Å². The van der Waals surface area contributed by atoms with Crippen molar-refractivity contribution in [1.82, 2.24) is 0 Å². The molecule has 1 unspecified atom stereocenters. The Kier molecular flexibility index (Phi) is 6.63. The van der Waals surface area contributed by atoms with Gasteiger partial charge in [0.05, 0.1) is 23.2 Å². The summed E-state index contributed by atoms with van der Waals surface area (Å²) in [6.07, 6.45) is 1.86. The SMILES string of the molecule is CC[N+]1=C(C)C(C)(CCCCS(=O)(=O)O)c2cc(SOOO)ccc21. The molecular formula is C16H24NO6S2+. The molecule has 0 bridgehead atoms. The average Bonchev–Trinajstić information content (AvgIpc) is 2.77. The highest BCUT2D eigenvalue weighted by Crippen LogP contribution is 2.44. The zero-order valence-corrected chi connectivity index (χ0v) is 16.2. The number of nitrogens with zero attached hydrogens (tertiary/aromatic N) is 1. The molecule has 2 N–H and O–H groups in total. The summed E-state index contributed by atoms with van der Waals surface area (Å²) in [4.78, 5) is 0.794. The number of rotatable bonds is 9. The second kappa shape index (κ2) is 8.15. The first-order valence-corrected chi connectivity index (χ1v) is 10.4. The van der Waals surface area contributed by atoms with Crippen molar-refractivity contribution in [2.75, 3.05) is 12.3 Å². The second-order valence-electron chi connectivity index (χ2n) is 6.31. The summed E-state index contributed by atoms with van der Waals surface area (Å²) in [6, 6.07) is 5.90. The Bertz CT molecular complexity index is 762. The number of hydrogen-bond acceptors (Lipinski definition) is 6. The molecule has 0 aliphatic carbocycles. The fraction of sp³-hybridized carbons (Fsp3) is 0.562.